The Kier molecular flexibility index (Phi) is 4.61. The molecule has 0 saturated carbocycles. The van der Waals surface area contributed by atoms with Crippen LogP contribution >= 0.6 is 11.6 Å². The lowest BCUT2D eigenvalue weighted by molar-refractivity contribution is -0.121. The summed E-state index contributed by atoms with van der Waals surface area (Å²) >= 11 is 5.80. The molecule has 1 aromatic rings. The van der Waals surface area contributed by atoms with E-state index in [4.69, 9.17) is 16.3 Å². The van der Waals surface area contributed by atoms with E-state index in [-0.39, 0.29) is 18.1 Å². The molecule has 2 atom stereocenters. The minimum atomic E-state index is 0.0281. The van der Waals surface area contributed by atoms with Crippen molar-refractivity contribution in [2.24, 2.45) is 0 Å². The fourth-order valence-electron chi connectivity index (χ4n) is 2.18. The summed E-state index contributed by atoms with van der Waals surface area (Å²) in [6, 6.07) is 7.42. The zero-order chi connectivity index (χ0) is 13.0. The van der Waals surface area contributed by atoms with Gasteiger partial charge in [0.15, 0.2) is 0 Å². The molecule has 0 aromatic heterocycles. The van der Waals surface area contributed by atoms with Crippen LogP contribution in [0, 0.1) is 0 Å². The number of amides is 1. The van der Waals surface area contributed by atoms with Gasteiger partial charge in [0.25, 0.3) is 0 Å². The lowest BCUT2D eigenvalue weighted by atomic mass is 10.1. The van der Waals surface area contributed by atoms with Crippen LogP contribution in [-0.4, -0.2) is 24.7 Å². The fraction of sp³-hybridized carbons (Fsp3) is 0.500. The second kappa shape index (κ2) is 6.21. The number of hydrogen-bond donors (Lipinski definition) is 1. The van der Waals surface area contributed by atoms with E-state index in [1.54, 1.807) is 12.1 Å². The maximum Gasteiger partial charge on any atom is 0.224 e. The first-order valence-corrected chi connectivity index (χ1v) is 6.68. The van der Waals surface area contributed by atoms with Crippen molar-refractivity contribution < 1.29 is 9.53 Å². The van der Waals surface area contributed by atoms with Crippen LogP contribution in [0.25, 0.3) is 0 Å². The van der Waals surface area contributed by atoms with Gasteiger partial charge in [0, 0.05) is 11.6 Å². The van der Waals surface area contributed by atoms with E-state index >= 15 is 0 Å². The van der Waals surface area contributed by atoms with Crippen LogP contribution in [0.3, 0.4) is 0 Å². The van der Waals surface area contributed by atoms with Crippen LogP contribution in [0.2, 0.25) is 5.02 Å². The zero-order valence-electron chi connectivity index (χ0n) is 10.5. The molecular formula is C14H18ClNO2. The zero-order valence-corrected chi connectivity index (χ0v) is 11.2. The van der Waals surface area contributed by atoms with Gasteiger partial charge >= 0.3 is 0 Å². The Morgan fingerprint density at radius 2 is 2.22 bits per heavy atom. The molecule has 1 aliphatic rings. The minimum absolute atomic E-state index is 0.0281. The first-order chi connectivity index (χ1) is 8.65. The number of carbonyl (C=O) groups is 1. The first-order valence-electron chi connectivity index (χ1n) is 6.30. The van der Waals surface area contributed by atoms with Gasteiger partial charge in [-0.1, -0.05) is 23.7 Å². The number of ether oxygens (including phenoxy) is 1. The predicted molar refractivity (Wildman–Crippen MR) is 71.7 cm³/mol. The molecule has 18 heavy (non-hydrogen) atoms. The Balaban J connectivity index is 1.82. The molecule has 1 N–H and O–H groups in total. The summed E-state index contributed by atoms with van der Waals surface area (Å²) in [6.45, 7) is 2.80. The molecule has 0 spiro atoms. The molecule has 3 nitrogen and oxygen atoms in total. The molecule has 1 aliphatic heterocycles. The molecule has 0 radical (unpaired) electrons. The van der Waals surface area contributed by atoms with E-state index in [0.717, 1.165) is 25.0 Å². The van der Waals surface area contributed by atoms with Gasteiger partial charge < -0.3 is 10.1 Å². The average Bonchev–Trinajstić information content (AvgIpc) is 2.85. The largest absolute Gasteiger partial charge is 0.376 e. The van der Waals surface area contributed by atoms with E-state index in [9.17, 15) is 4.79 Å². The van der Waals surface area contributed by atoms with Crippen molar-refractivity contribution in [3.05, 3.63) is 34.9 Å². The highest BCUT2D eigenvalue weighted by atomic mass is 35.5. The number of carbonyl (C=O) groups excluding carboxylic acids is 1. The average molecular weight is 268 g/mol. The summed E-state index contributed by atoms with van der Waals surface area (Å²) in [4.78, 5) is 11.9. The monoisotopic (exact) mass is 267 g/mol. The molecule has 1 aromatic carbocycles. The Morgan fingerprint density at radius 3 is 2.83 bits per heavy atom. The minimum Gasteiger partial charge on any atom is -0.376 e. The van der Waals surface area contributed by atoms with Crippen molar-refractivity contribution in [3.63, 3.8) is 0 Å². The molecule has 2 rings (SSSR count). The molecule has 1 fully saturated rings. The highest BCUT2D eigenvalue weighted by Crippen LogP contribution is 2.15. The summed E-state index contributed by atoms with van der Waals surface area (Å²) < 4.78 is 5.55. The van der Waals surface area contributed by atoms with E-state index in [0.29, 0.717) is 11.4 Å². The van der Waals surface area contributed by atoms with Crippen LogP contribution in [0.15, 0.2) is 24.3 Å². The van der Waals surface area contributed by atoms with Crippen LogP contribution in [-0.2, 0) is 16.0 Å². The molecule has 1 heterocycles. The van der Waals surface area contributed by atoms with Gasteiger partial charge in [0.2, 0.25) is 5.91 Å². The van der Waals surface area contributed by atoms with E-state index in [1.807, 2.05) is 19.1 Å². The van der Waals surface area contributed by atoms with Gasteiger partial charge in [0.05, 0.1) is 18.6 Å². The number of halogens is 1. The smallest absolute Gasteiger partial charge is 0.224 e. The van der Waals surface area contributed by atoms with Gasteiger partial charge in [-0.25, -0.2) is 0 Å². The third-order valence-electron chi connectivity index (χ3n) is 3.19. The molecule has 1 amide bonds. The lowest BCUT2D eigenvalue weighted by Gasteiger charge is -2.19. The Bertz CT molecular complexity index is 399. The first kappa shape index (κ1) is 13.4. The van der Waals surface area contributed by atoms with Gasteiger partial charge in [-0.3, -0.25) is 4.79 Å². The predicted octanol–water partition coefficient (Wildman–Crippen LogP) is 2.57. The lowest BCUT2D eigenvalue weighted by Crippen LogP contribution is -2.41. The van der Waals surface area contributed by atoms with Crippen molar-refractivity contribution in [1.29, 1.82) is 0 Å². The quantitative estimate of drug-likeness (QED) is 0.911. The van der Waals surface area contributed by atoms with E-state index in [1.165, 1.54) is 0 Å². The maximum absolute atomic E-state index is 11.9. The third-order valence-corrected chi connectivity index (χ3v) is 3.44. The van der Waals surface area contributed by atoms with E-state index < -0.39 is 0 Å². The molecule has 0 unspecified atom stereocenters. The number of hydrogen-bond acceptors (Lipinski definition) is 2. The summed E-state index contributed by atoms with van der Waals surface area (Å²) in [5.41, 5.74) is 0.969. The summed E-state index contributed by atoms with van der Waals surface area (Å²) in [5, 5.41) is 3.67. The molecule has 0 aliphatic carbocycles. The molecular weight excluding hydrogens is 250 g/mol. The number of benzene rings is 1. The van der Waals surface area contributed by atoms with Crippen LogP contribution < -0.4 is 5.32 Å². The van der Waals surface area contributed by atoms with Crippen molar-refractivity contribution in [2.45, 2.75) is 38.3 Å². The van der Waals surface area contributed by atoms with Gasteiger partial charge in [-0.05, 0) is 37.5 Å². The Hall–Kier alpha value is -1.06. The summed E-state index contributed by atoms with van der Waals surface area (Å²) in [5.74, 6) is 0.0281. The van der Waals surface area contributed by atoms with Crippen molar-refractivity contribution >= 4 is 17.5 Å². The number of nitrogens with one attached hydrogen (secondary N) is 1. The fourth-order valence-corrected chi connectivity index (χ4v) is 2.31. The summed E-state index contributed by atoms with van der Waals surface area (Å²) in [7, 11) is 0. The SMILES string of the molecule is C[C@H](NC(=O)Cc1ccc(Cl)cc1)[C@@H]1CCCO1. The van der Waals surface area contributed by atoms with E-state index in [2.05, 4.69) is 5.32 Å². The molecule has 98 valence electrons. The highest BCUT2D eigenvalue weighted by molar-refractivity contribution is 6.30. The standard InChI is InChI=1S/C14H18ClNO2/c1-10(13-3-2-8-18-13)16-14(17)9-11-4-6-12(15)7-5-11/h4-7,10,13H,2-3,8-9H2,1H3,(H,16,17)/t10-,13-/m0/s1. The summed E-state index contributed by atoms with van der Waals surface area (Å²) in [6.07, 6.45) is 2.66. The second-order valence-electron chi connectivity index (χ2n) is 4.71. The Labute approximate surface area is 112 Å². The topological polar surface area (TPSA) is 38.3 Å². The molecule has 0 bridgehead atoms. The van der Waals surface area contributed by atoms with Crippen LogP contribution in [0.5, 0.6) is 0 Å². The normalized spacial score (nSPS) is 20.7. The second-order valence-corrected chi connectivity index (χ2v) is 5.15. The van der Waals surface area contributed by atoms with Crippen LogP contribution in [0.4, 0.5) is 0 Å². The molecule has 1 saturated heterocycles. The van der Waals surface area contributed by atoms with Crippen molar-refractivity contribution in [2.75, 3.05) is 6.61 Å². The van der Waals surface area contributed by atoms with Crippen LogP contribution in [0.1, 0.15) is 25.3 Å². The Morgan fingerprint density at radius 1 is 1.50 bits per heavy atom. The van der Waals surface area contributed by atoms with Crippen molar-refractivity contribution in [1.82, 2.24) is 5.32 Å². The number of rotatable bonds is 4. The van der Waals surface area contributed by atoms with Gasteiger partial charge in [-0.2, -0.15) is 0 Å². The third kappa shape index (κ3) is 3.72. The van der Waals surface area contributed by atoms with Gasteiger partial charge in [0.1, 0.15) is 0 Å². The highest BCUT2D eigenvalue weighted by Gasteiger charge is 2.23. The van der Waals surface area contributed by atoms with Crippen molar-refractivity contribution in [3.8, 4) is 0 Å². The maximum atomic E-state index is 11.9. The molecule has 4 heteroatoms. The van der Waals surface area contributed by atoms with Gasteiger partial charge in [-0.15, -0.1) is 0 Å².